The first-order valence-corrected chi connectivity index (χ1v) is 13.8. The molecule has 0 amide bonds. The van der Waals surface area contributed by atoms with Crippen molar-refractivity contribution in [3.05, 3.63) is 119 Å². The van der Waals surface area contributed by atoms with Crippen LogP contribution in [0.3, 0.4) is 0 Å². The molecule has 0 spiro atoms. The minimum Gasteiger partial charge on any atom is -0.507 e. The van der Waals surface area contributed by atoms with E-state index in [4.69, 9.17) is 14.2 Å². The Labute approximate surface area is 254 Å². The smallest absolute Gasteiger partial charge is 0.200 e. The zero-order chi connectivity index (χ0) is 30.8. The van der Waals surface area contributed by atoms with Crippen molar-refractivity contribution in [2.75, 3.05) is 37.3 Å². The highest BCUT2D eigenvalue weighted by atomic mass is 16.5. The molecule has 9 nitrogen and oxygen atoms in total. The van der Waals surface area contributed by atoms with E-state index in [1.165, 1.54) is 6.07 Å². The number of rotatable bonds is 9. The van der Waals surface area contributed by atoms with Crippen molar-refractivity contribution < 1.29 is 28.9 Å². The lowest BCUT2D eigenvalue weighted by Gasteiger charge is -2.26. The zero-order valence-electron chi connectivity index (χ0n) is 24.2. The fourth-order valence-corrected chi connectivity index (χ4v) is 5.37. The molecule has 220 valence electrons. The van der Waals surface area contributed by atoms with Crippen molar-refractivity contribution >= 4 is 45.7 Å². The van der Waals surface area contributed by atoms with Crippen molar-refractivity contribution in [1.82, 2.24) is 0 Å². The summed E-state index contributed by atoms with van der Waals surface area (Å²) in [5, 5.41) is 20.8. The molecule has 4 N–H and O–H groups in total. The van der Waals surface area contributed by atoms with E-state index >= 15 is 0 Å². The van der Waals surface area contributed by atoms with Gasteiger partial charge in [-0.2, -0.15) is 0 Å². The summed E-state index contributed by atoms with van der Waals surface area (Å²) in [6.45, 7) is 0. The topological polar surface area (TPSA) is 118 Å². The Bertz CT molecular complexity index is 1920. The second-order valence-corrected chi connectivity index (χ2v) is 9.93. The normalized spacial score (nSPS) is 11.7. The largest absolute Gasteiger partial charge is 0.507 e. The molecule has 0 saturated heterocycles. The van der Waals surface area contributed by atoms with Crippen LogP contribution in [-0.4, -0.2) is 38.0 Å². The summed E-state index contributed by atoms with van der Waals surface area (Å²) in [5.74, 6) is 0.384. The quantitative estimate of drug-likeness (QED) is 0.128. The maximum Gasteiger partial charge on any atom is 0.200 e. The molecule has 5 aromatic carbocycles. The van der Waals surface area contributed by atoms with E-state index in [1.807, 2.05) is 48.5 Å². The van der Waals surface area contributed by atoms with Gasteiger partial charge in [-0.3, -0.25) is 9.59 Å². The van der Waals surface area contributed by atoms with Crippen LogP contribution in [0, 0.1) is 0 Å². The summed E-state index contributed by atoms with van der Waals surface area (Å²) in [5.41, 5.74) is 3.12. The Hall–Kier alpha value is -5.96. The Morgan fingerprint density at radius 1 is 0.432 bits per heavy atom. The second-order valence-electron chi connectivity index (χ2n) is 9.93. The summed E-state index contributed by atoms with van der Waals surface area (Å²) in [6, 6.07) is 28.2. The van der Waals surface area contributed by atoms with Crippen molar-refractivity contribution in [2.24, 2.45) is 0 Å². The van der Waals surface area contributed by atoms with Crippen molar-refractivity contribution in [2.45, 2.75) is 0 Å². The Kier molecular flexibility index (Phi) is 7.51. The second kappa shape index (κ2) is 11.7. The lowest BCUT2D eigenvalue weighted by molar-refractivity contribution is 0.0978. The van der Waals surface area contributed by atoms with Gasteiger partial charge in [-0.1, -0.05) is 36.4 Å². The number of phenolic OH excluding ortho intramolecular Hbond substituents is 1. The number of ketones is 2. The highest BCUT2D eigenvalue weighted by Gasteiger charge is 2.38. The highest BCUT2D eigenvalue weighted by Crippen LogP contribution is 2.45. The first-order chi connectivity index (χ1) is 21.4. The number of anilines is 6. The van der Waals surface area contributed by atoms with Gasteiger partial charge < -0.3 is 35.3 Å². The van der Waals surface area contributed by atoms with Gasteiger partial charge in [0.25, 0.3) is 0 Å². The van der Waals surface area contributed by atoms with Gasteiger partial charge in [0.15, 0.2) is 11.6 Å². The first kappa shape index (κ1) is 28.2. The number of hydrogen-bond donors (Lipinski definition) is 4. The summed E-state index contributed by atoms with van der Waals surface area (Å²) >= 11 is 0. The number of phenols is 1. The lowest BCUT2D eigenvalue weighted by Crippen LogP contribution is -2.25. The van der Waals surface area contributed by atoms with Gasteiger partial charge >= 0.3 is 0 Å². The third kappa shape index (κ3) is 4.90. The maximum atomic E-state index is 14.6. The van der Waals surface area contributed by atoms with E-state index in [2.05, 4.69) is 16.0 Å². The van der Waals surface area contributed by atoms with Gasteiger partial charge in [-0.25, -0.2) is 0 Å². The molecule has 0 bridgehead atoms. The lowest BCUT2D eigenvalue weighted by atomic mass is 9.80. The third-order valence-electron chi connectivity index (χ3n) is 7.43. The molecule has 0 heterocycles. The minimum atomic E-state index is -0.517. The van der Waals surface area contributed by atoms with Crippen molar-refractivity contribution in [3.63, 3.8) is 0 Å². The van der Waals surface area contributed by atoms with Gasteiger partial charge in [0.05, 0.1) is 77.7 Å². The third-order valence-corrected chi connectivity index (χ3v) is 7.43. The van der Waals surface area contributed by atoms with Crippen LogP contribution in [-0.2, 0) is 0 Å². The van der Waals surface area contributed by atoms with E-state index in [9.17, 15) is 14.7 Å². The fourth-order valence-electron chi connectivity index (χ4n) is 5.37. The van der Waals surface area contributed by atoms with Gasteiger partial charge in [0, 0.05) is 0 Å². The Morgan fingerprint density at radius 2 is 0.750 bits per heavy atom. The summed E-state index contributed by atoms with van der Waals surface area (Å²) in [4.78, 5) is 29.0. The van der Waals surface area contributed by atoms with Crippen molar-refractivity contribution in [1.29, 1.82) is 0 Å². The van der Waals surface area contributed by atoms with Crippen LogP contribution in [0.1, 0.15) is 31.8 Å². The number of aromatic hydroxyl groups is 1. The maximum absolute atomic E-state index is 14.6. The molecule has 0 aliphatic heterocycles. The molecule has 5 aromatic rings. The number of carbonyl (C=O) groups is 2. The molecule has 0 unspecified atom stereocenters. The minimum absolute atomic E-state index is 0.0472. The summed E-state index contributed by atoms with van der Waals surface area (Å²) in [7, 11) is 4.65. The molecular formula is C35H29N3O6. The van der Waals surface area contributed by atoms with Gasteiger partial charge in [0.1, 0.15) is 23.0 Å². The summed E-state index contributed by atoms with van der Waals surface area (Å²) < 4.78 is 16.5. The predicted molar refractivity (Wildman–Crippen MR) is 170 cm³/mol. The Balaban J connectivity index is 1.55. The van der Waals surface area contributed by atoms with Crippen LogP contribution in [0.2, 0.25) is 0 Å². The van der Waals surface area contributed by atoms with Gasteiger partial charge in [-0.05, 0) is 60.7 Å². The number of para-hydroxylation sites is 6. The standard InChI is InChI=1S/C35H29N3O6/c1-42-27-13-7-4-10-20(27)36-23-16-17-24(37-21-11-5-8-14-28(21)43-2)31-30(23)34(40)32-25(18-19-26(39)33(32)35(31)41)38-22-12-6-9-15-29(22)44-3/h4-19,36-39H,1-3H3. The molecule has 0 radical (unpaired) electrons. The first-order valence-electron chi connectivity index (χ1n) is 13.8. The molecule has 9 heteroatoms. The number of fused-ring (bicyclic) bond motifs is 2. The Morgan fingerprint density at radius 3 is 1.14 bits per heavy atom. The molecule has 1 aliphatic carbocycles. The average Bonchev–Trinajstić information content (AvgIpc) is 3.05. The molecule has 1 aliphatic rings. The SMILES string of the molecule is COc1ccccc1Nc1ccc(O)c2c1C(=O)c1c(Nc3ccccc3OC)ccc(Nc3ccccc3OC)c1C2=O. The highest BCUT2D eigenvalue weighted by molar-refractivity contribution is 6.34. The molecule has 44 heavy (non-hydrogen) atoms. The van der Waals surface area contributed by atoms with Crippen LogP contribution in [0.4, 0.5) is 34.1 Å². The molecule has 0 fully saturated rings. The predicted octanol–water partition coefficient (Wildman–Crippen LogP) is 7.42. The van der Waals surface area contributed by atoms with Crippen LogP contribution >= 0.6 is 0 Å². The number of benzene rings is 5. The number of ether oxygens (including phenoxy) is 3. The van der Waals surface area contributed by atoms with Gasteiger partial charge in [-0.15, -0.1) is 0 Å². The monoisotopic (exact) mass is 587 g/mol. The number of methoxy groups -OCH3 is 3. The molecule has 0 saturated carbocycles. The van der Waals surface area contributed by atoms with E-state index < -0.39 is 11.6 Å². The molecule has 0 atom stereocenters. The zero-order valence-corrected chi connectivity index (χ0v) is 24.2. The molecule has 6 rings (SSSR count). The van der Waals surface area contributed by atoms with Gasteiger partial charge in [0.2, 0.25) is 0 Å². The van der Waals surface area contributed by atoms with E-state index in [1.54, 1.807) is 63.8 Å². The number of nitrogens with one attached hydrogen (secondary N) is 3. The van der Waals surface area contributed by atoms with E-state index in [0.29, 0.717) is 51.4 Å². The molecule has 0 aromatic heterocycles. The van der Waals surface area contributed by atoms with Crippen LogP contribution in [0.25, 0.3) is 0 Å². The van der Waals surface area contributed by atoms with Crippen LogP contribution < -0.4 is 30.2 Å². The van der Waals surface area contributed by atoms with E-state index in [0.717, 1.165) is 0 Å². The van der Waals surface area contributed by atoms with E-state index in [-0.39, 0.29) is 28.0 Å². The summed E-state index contributed by atoms with van der Waals surface area (Å²) in [6.07, 6.45) is 0. The average molecular weight is 588 g/mol. The number of carbonyl (C=O) groups excluding carboxylic acids is 2. The van der Waals surface area contributed by atoms with Crippen LogP contribution in [0.15, 0.2) is 97.1 Å². The van der Waals surface area contributed by atoms with Crippen LogP contribution in [0.5, 0.6) is 23.0 Å². The van der Waals surface area contributed by atoms with Crippen molar-refractivity contribution in [3.8, 4) is 23.0 Å². The molecular weight excluding hydrogens is 558 g/mol. The number of hydrogen-bond acceptors (Lipinski definition) is 9. The fraction of sp³-hybridized carbons (Fsp3) is 0.0857.